The molecule has 1 aromatic carbocycles. The molecule has 6 nitrogen and oxygen atoms in total. The summed E-state index contributed by atoms with van der Waals surface area (Å²) in [7, 11) is 1.74. The van der Waals surface area contributed by atoms with Crippen molar-refractivity contribution in [3.63, 3.8) is 0 Å². The van der Waals surface area contributed by atoms with Gasteiger partial charge in [0.15, 0.2) is 5.78 Å². The maximum Gasteiger partial charge on any atom is 0.253 e. The summed E-state index contributed by atoms with van der Waals surface area (Å²) in [6.45, 7) is 7.61. The van der Waals surface area contributed by atoms with Crippen LogP contribution in [0.5, 0.6) is 0 Å². The Hall–Kier alpha value is -1.76. The van der Waals surface area contributed by atoms with Crippen molar-refractivity contribution in [2.45, 2.75) is 38.7 Å². The Bertz CT molecular complexity index is 662. The molecule has 160 valence electrons. The van der Waals surface area contributed by atoms with Crippen LogP contribution in [0.25, 0.3) is 0 Å². The maximum atomic E-state index is 13.3. The van der Waals surface area contributed by atoms with Gasteiger partial charge >= 0.3 is 0 Å². The number of hydrogen-bond acceptors (Lipinski definition) is 5. The third-order valence-electron chi connectivity index (χ3n) is 6.07. The molecule has 1 aromatic rings. The second kappa shape index (κ2) is 10.9. The molecule has 2 aliphatic heterocycles. The average molecular weight is 403 g/mol. The van der Waals surface area contributed by atoms with E-state index in [1.165, 1.54) is 0 Å². The van der Waals surface area contributed by atoms with Gasteiger partial charge in [0.05, 0.1) is 12.7 Å². The van der Waals surface area contributed by atoms with E-state index in [1.807, 2.05) is 4.90 Å². The third-order valence-corrected chi connectivity index (χ3v) is 6.07. The molecule has 1 atom stereocenters. The van der Waals surface area contributed by atoms with Crippen LogP contribution < -0.4 is 0 Å². The fourth-order valence-corrected chi connectivity index (χ4v) is 4.23. The van der Waals surface area contributed by atoms with Crippen LogP contribution in [0.1, 0.15) is 53.3 Å². The molecule has 0 spiro atoms. The van der Waals surface area contributed by atoms with Crippen molar-refractivity contribution in [3.05, 3.63) is 35.4 Å². The summed E-state index contributed by atoms with van der Waals surface area (Å²) in [5.41, 5.74) is 1.28. The average Bonchev–Trinajstić information content (AvgIpc) is 3.25. The van der Waals surface area contributed by atoms with Crippen molar-refractivity contribution in [1.82, 2.24) is 9.80 Å². The molecular formula is C23H34N2O4. The lowest BCUT2D eigenvalue weighted by atomic mass is 9.95. The quantitative estimate of drug-likeness (QED) is 0.595. The Morgan fingerprint density at radius 1 is 1.10 bits per heavy atom. The van der Waals surface area contributed by atoms with Crippen LogP contribution in [-0.4, -0.2) is 80.6 Å². The predicted molar refractivity (Wildman–Crippen MR) is 112 cm³/mol. The van der Waals surface area contributed by atoms with E-state index in [0.717, 1.165) is 65.1 Å². The largest absolute Gasteiger partial charge is 0.383 e. The molecule has 0 bridgehead atoms. The standard InChI is InChI=1S/C23H34N2O4/c1-18(26)20-5-7-21(8-6-20)23(27)25(17-22-4-3-14-29-22)16-19-9-11-24(12-10-19)13-15-28-2/h5-8,19,22H,3-4,9-17H2,1-2H3. The van der Waals surface area contributed by atoms with Crippen molar-refractivity contribution >= 4 is 11.7 Å². The summed E-state index contributed by atoms with van der Waals surface area (Å²) in [6.07, 6.45) is 4.42. The van der Waals surface area contributed by atoms with Gasteiger partial charge in [-0.1, -0.05) is 12.1 Å². The summed E-state index contributed by atoms with van der Waals surface area (Å²) >= 11 is 0. The monoisotopic (exact) mass is 402 g/mol. The fraction of sp³-hybridized carbons (Fsp3) is 0.652. The molecule has 1 unspecified atom stereocenters. The van der Waals surface area contributed by atoms with Crippen molar-refractivity contribution in [2.75, 3.05) is 53.0 Å². The highest BCUT2D eigenvalue weighted by molar-refractivity contribution is 5.97. The van der Waals surface area contributed by atoms with Crippen LogP contribution in [0.15, 0.2) is 24.3 Å². The summed E-state index contributed by atoms with van der Waals surface area (Å²) in [5, 5.41) is 0. The van der Waals surface area contributed by atoms with Gasteiger partial charge in [-0.2, -0.15) is 0 Å². The smallest absolute Gasteiger partial charge is 0.253 e. The lowest BCUT2D eigenvalue weighted by Gasteiger charge is -2.35. The van der Waals surface area contributed by atoms with Crippen LogP contribution in [0.2, 0.25) is 0 Å². The van der Waals surface area contributed by atoms with E-state index in [4.69, 9.17) is 9.47 Å². The summed E-state index contributed by atoms with van der Waals surface area (Å²) < 4.78 is 11.0. The minimum atomic E-state index is 0.0143. The first-order valence-corrected chi connectivity index (χ1v) is 10.8. The number of amides is 1. The lowest BCUT2D eigenvalue weighted by Crippen LogP contribution is -2.44. The number of ketones is 1. The van der Waals surface area contributed by atoms with Gasteiger partial charge in [-0.15, -0.1) is 0 Å². The summed E-state index contributed by atoms with van der Waals surface area (Å²) in [5.74, 6) is 0.563. The van der Waals surface area contributed by atoms with Crippen molar-refractivity contribution < 1.29 is 19.1 Å². The second-order valence-electron chi connectivity index (χ2n) is 8.26. The number of carbonyl (C=O) groups is 2. The Kier molecular flexibility index (Phi) is 8.21. The molecule has 0 saturated carbocycles. The molecule has 0 N–H and O–H groups in total. The molecule has 2 fully saturated rings. The number of rotatable bonds is 9. The van der Waals surface area contributed by atoms with Gasteiger partial charge in [-0.25, -0.2) is 0 Å². The normalized spacial score (nSPS) is 20.7. The van der Waals surface area contributed by atoms with Gasteiger partial charge in [0.2, 0.25) is 0 Å². The highest BCUT2D eigenvalue weighted by atomic mass is 16.5. The van der Waals surface area contributed by atoms with E-state index < -0.39 is 0 Å². The van der Waals surface area contributed by atoms with E-state index in [-0.39, 0.29) is 17.8 Å². The summed E-state index contributed by atoms with van der Waals surface area (Å²) in [6, 6.07) is 7.03. The predicted octanol–water partition coefficient (Wildman–Crippen LogP) is 2.87. The number of Topliss-reactive ketones (excluding diaryl/α,β-unsaturated/α-hetero) is 1. The Morgan fingerprint density at radius 3 is 2.38 bits per heavy atom. The van der Waals surface area contributed by atoms with Gasteiger partial charge in [0.1, 0.15) is 0 Å². The first kappa shape index (κ1) is 21.9. The molecule has 3 rings (SSSR count). The van der Waals surface area contributed by atoms with Crippen molar-refractivity contribution in [2.24, 2.45) is 5.92 Å². The first-order valence-electron chi connectivity index (χ1n) is 10.8. The molecule has 2 aliphatic rings. The minimum Gasteiger partial charge on any atom is -0.383 e. The topological polar surface area (TPSA) is 59.1 Å². The van der Waals surface area contributed by atoms with Crippen LogP contribution in [-0.2, 0) is 9.47 Å². The molecule has 29 heavy (non-hydrogen) atoms. The second-order valence-corrected chi connectivity index (χ2v) is 8.26. The molecule has 0 radical (unpaired) electrons. The van der Waals surface area contributed by atoms with Crippen LogP contribution in [0.3, 0.4) is 0 Å². The number of carbonyl (C=O) groups excluding carboxylic acids is 2. The van der Waals surface area contributed by atoms with E-state index >= 15 is 0 Å². The number of nitrogens with zero attached hydrogens (tertiary/aromatic N) is 2. The highest BCUT2D eigenvalue weighted by Gasteiger charge is 2.27. The summed E-state index contributed by atoms with van der Waals surface area (Å²) in [4.78, 5) is 29.2. The van der Waals surface area contributed by atoms with E-state index in [2.05, 4.69) is 4.90 Å². The van der Waals surface area contributed by atoms with Crippen molar-refractivity contribution in [3.8, 4) is 0 Å². The van der Waals surface area contributed by atoms with Gasteiger partial charge in [-0.3, -0.25) is 9.59 Å². The third kappa shape index (κ3) is 6.36. The van der Waals surface area contributed by atoms with Gasteiger partial charge in [0.25, 0.3) is 5.91 Å². The fourth-order valence-electron chi connectivity index (χ4n) is 4.23. The van der Waals surface area contributed by atoms with Crippen LogP contribution >= 0.6 is 0 Å². The van der Waals surface area contributed by atoms with E-state index in [9.17, 15) is 9.59 Å². The van der Waals surface area contributed by atoms with Crippen molar-refractivity contribution in [1.29, 1.82) is 0 Å². The van der Waals surface area contributed by atoms with Crippen LogP contribution in [0.4, 0.5) is 0 Å². The van der Waals surface area contributed by atoms with E-state index in [1.54, 1.807) is 38.3 Å². The zero-order chi connectivity index (χ0) is 20.6. The van der Waals surface area contributed by atoms with Gasteiger partial charge in [-0.05, 0) is 63.7 Å². The number of piperidine rings is 1. The van der Waals surface area contributed by atoms with Crippen LogP contribution in [0, 0.1) is 5.92 Å². The number of ether oxygens (including phenoxy) is 2. The molecular weight excluding hydrogens is 368 g/mol. The number of likely N-dealkylation sites (tertiary alicyclic amines) is 1. The lowest BCUT2D eigenvalue weighted by molar-refractivity contribution is 0.0437. The number of hydrogen-bond donors (Lipinski definition) is 0. The Morgan fingerprint density at radius 2 is 1.79 bits per heavy atom. The Balaban J connectivity index is 1.63. The molecule has 0 aromatic heterocycles. The molecule has 1 amide bonds. The molecule has 2 saturated heterocycles. The van der Waals surface area contributed by atoms with E-state index in [0.29, 0.717) is 23.6 Å². The SMILES string of the molecule is COCCN1CCC(CN(CC2CCCO2)C(=O)c2ccc(C(C)=O)cc2)CC1. The molecule has 6 heteroatoms. The molecule has 0 aliphatic carbocycles. The number of methoxy groups -OCH3 is 1. The zero-order valence-corrected chi connectivity index (χ0v) is 17.8. The zero-order valence-electron chi connectivity index (χ0n) is 17.8. The minimum absolute atomic E-state index is 0.0143. The van der Waals surface area contributed by atoms with Gasteiger partial charge in [0, 0.05) is 44.5 Å². The Labute approximate surface area is 174 Å². The maximum absolute atomic E-state index is 13.3. The van der Waals surface area contributed by atoms with Gasteiger partial charge < -0.3 is 19.3 Å². The first-order chi connectivity index (χ1) is 14.1. The highest BCUT2D eigenvalue weighted by Crippen LogP contribution is 2.22. The number of benzene rings is 1. The molecule has 2 heterocycles.